The van der Waals surface area contributed by atoms with Crippen LogP contribution in [0, 0.1) is 0 Å². The van der Waals surface area contributed by atoms with Crippen LogP contribution < -0.4 is 24.7 Å². The molecule has 0 saturated carbocycles. The Labute approximate surface area is 224 Å². The highest BCUT2D eigenvalue weighted by atomic mass is 32.2. The molecule has 5 N–H and O–H groups in total. The van der Waals surface area contributed by atoms with Crippen LogP contribution in [-0.2, 0) is 26.0 Å². The van der Waals surface area contributed by atoms with Crippen LogP contribution in [0.3, 0.4) is 0 Å². The molecule has 0 radical (unpaired) electrons. The number of hydrogen-bond acceptors (Lipinski definition) is 8. The zero-order valence-electron chi connectivity index (χ0n) is 22.0. The Morgan fingerprint density at radius 3 is 2.05 bits per heavy atom. The fourth-order valence-electron chi connectivity index (χ4n) is 3.36. The largest absolute Gasteiger partial charge is 0.495 e. The van der Waals surface area contributed by atoms with Crippen molar-refractivity contribution in [3.05, 3.63) is 48.0 Å². The number of nitrogens with two attached hydrogens (primary N) is 1. The molecule has 0 aliphatic rings. The summed E-state index contributed by atoms with van der Waals surface area (Å²) in [7, 11) is -2.43. The number of methoxy groups -OCH3 is 1. The smallest absolute Gasteiger partial charge is 0.303 e. The summed E-state index contributed by atoms with van der Waals surface area (Å²) in [6.07, 6.45) is 1.66. The lowest BCUT2D eigenvalue weighted by atomic mass is 10.1. The van der Waals surface area contributed by atoms with Crippen LogP contribution >= 0.6 is 0 Å². The predicted molar refractivity (Wildman–Crippen MR) is 142 cm³/mol. The van der Waals surface area contributed by atoms with Crippen molar-refractivity contribution in [3.63, 3.8) is 0 Å². The summed E-state index contributed by atoms with van der Waals surface area (Å²) in [4.78, 5) is 19.8. The van der Waals surface area contributed by atoms with E-state index in [9.17, 15) is 18.0 Å². The number of carboxylic acid groups (broad SMARTS) is 2. The molecule has 0 aliphatic heterocycles. The second-order valence-corrected chi connectivity index (χ2v) is 9.84. The number of primary sulfonamides is 1. The van der Waals surface area contributed by atoms with Crippen molar-refractivity contribution in [1.82, 2.24) is 5.32 Å². The number of rotatable bonds is 16. The molecule has 0 fully saturated rings. The lowest BCUT2D eigenvalue weighted by molar-refractivity contribution is -0.139. The van der Waals surface area contributed by atoms with E-state index in [-0.39, 0.29) is 29.5 Å². The predicted octanol–water partition coefficient (Wildman–Crippen LogP) is 3.06. The molecule has 38 heavy (non-hydrogen) atoms. The van der Waals surface area contributed by atoms with Crippen LogP contribution in [0.4, 0.5) is 0 Å². The maximum Gasteiger partial charge on any atom is 0.303 e. The zero-order chi connectivity index (χ0) is 28.6. The fraction of sp³-hybridized carbons (Fsp3) is 0.462. The molecule has 0 unspecified atom stereocenters. The summed E-state index contributed by atoms with van der Waals surface area (Å²) >= 11 is 0. The van der Waals surface area contributed by atoms with E-state index >= 15 is 0 Å². The maximum atomic E-state index is 11.7. The van der Waals surface area contributed by atoms with Gasteiger partial charge in [0, 0.05) is 25.4 Å². The summed E-state index contributed by atoms with van der Waals surface area (Å²) in [5, 5.41) is 24.9. The molecule has 1 atom stereocenters. The monoisotopic (exact) mass is 554 g/mol. The molecular weight excluding hydrogens is 516 g/mol. The minimum Gasteiger partial charge on any atom is -0.495 e. The van der Waals surface area contributed by atoms with Gasteiger partial charge >= 0.3 is 11.9 Å². The van der Waals surface area contributed by atoms with Gasteiger partial charge in [-0.05, 0) is 62.9 Å². The first kappa shape index (κ1) is 32.7. The first-order valence-electron chi connectivity index (χ1n) is 12.2. The van der Waals surface area contributed by atoms with Crippen molar-refractivity contribution in [2.24, 2.45) is 5.14 Å². The minimum absolute atomic E-state index is 0.00411. The average molecular weight is 555 g/mol. The molecule has 0 saturated heterocycles. The van der Waals surface area contributed by atoms with Gasteiger partial charge in [0.1, 0.15) is 17.3 Å². The molecule has 0 bridgehead atoms. The summed E-state index contributed by atoms with van der Waals surface area (Å²) < 4.78 is 39.9. The SMILES string of the molecule is CCOc1ccccc1OCCN[C@H](C)Cc1ccc(OC)c(S(N)(=O)=O)c1.O=C(O)CCCCC(=O)O. The minimum atomic E-state index is -3.84. The van der Waals surface area contributed by atoms with E-state index in [1.54, 1.807) is 12.1 Å². The highest BCUT2D eigenvalue weighted by molar-refractivity contribution is 7.89. The van der Waals surface area contributed by atoms with Gasteiger partial charge in [-0.1, -0.05) is 18.2 Å². The second kappa shape index (κ2) is 17.2. The Kier molecular flexibility index (Phi) is 14.8. The van der Waals surface area contributed by atoms with Crippen molar-refractivity contribution in [3.8, 4) is 17.2 Å². The van der Waals surface area contributed by atoms with E-state index in [2.05, 4.69) is 5.32 Å². The van der Waals surface area contributed by atoms with Crippen molar-refractivity contribution in [2.45, 2.75) is 56.9 Å². The number of ether oxygens (including phenoxy) is 3. The van der Waals surface area contributed by atoms with Gasteiger partial charge in [0.05, 0.1) is 13.7 Å². The van der Waals surface area contributed by atoms with Crippen LogP contribution in [-0.4, -0.2) is 63.5 Å². The molecule has 0 spiro atoms. The Balaban J connectivity index is 0.000000612. The topological polar surface area (TPSA) is 174 Å². The Morgan fingerprint density at radius 2 is 1.55 bits per heavy atom. The number of unbranched alkanes of at least 4 members (excludes halogenated alkanes) is 1. The normalized spacial score (nSPS) is 11.6. The first-order valence-corrected chi connectivity index (χ1v) is 13.7. The number of para-hydroxylation sites is 2. The fourth-order valence-corrected chi connectivity index (χ4v) is 4.11. The molecule has 2 aromatic rings. The number of nitrogens with one attached hydrogen (secondary N) is 1. The molecular formula is C26H38N2O9S. The van der Waals surface area contributed by atoms with Crippen molar-refractivity contribution >= 4 is 22.0 Å². The Bertz CT molecular complexity index is 1110. The molecule has 2 rings (SSSR count). The molecule has 0 aromatic heterocycles. The van der Waals surface area contributed by atoms with Crippen LogP contribution in [0.5, 0.6) is 17.2 Å². The molecule has 11 nitrogen and oxygen atoms in total. The third-order valence-corrected chi connectivity index (χ3v) is 6.04. The van der Waals surface area contributed by atoms with E-state index in [1.165, 1.54) is 7.11 Å². The van der Waals surface area contributed by atoms with E-state index in [0.29, 0.717) is 44.8 Å². The maximum absolute atomic E-state index is 11.7. The highest BCUT2D eigenvalue weighted by Crippen LogP contribution is 2.26. The molecule has 0 amide bonds. The number of carboxylic acids is 2. The third kappa shape index (κ3) is 13.3. The Hall–Kier alpha value is -3.35. The molecule has 212 valence electrons. The summed E-state index contributed by atoms with van der Waals surface area (Å²) in [6, 6.07) is 12.7. The number of carbonyl (C=O) groups is 2. The van der Waals surface area contributed by atoms with E-state index < -0.39 is 22.0 Å². The van der Waals surface area contributed by atoms with Gasteiger partial charge in [-0.3, -0.25) is 9.59 Å². The van der Waals surface area contributed by atoms with Gasteiger partial charge in [-0.2, -0.15) is 0 Å². The summed E-state index contributed by atoms with van der Waals surface area (Å²) in [5.41, 5.74) is 0.854. The number of aliphatic carboxylic acids is 2. The van der Waals surface area contributed by atoms with Gasteiger partial charge < -0.3 is 29.7 Å². The first-order chi connectivity index (χ1) is 18.0. The van der Waals surface area contributed by atoms with Crippen molar-refractivity contribution in [2.75, 3.05) is 26.9 Å². The lowest BCUT2D eigenvalue weighted by Crippen LogP contribution is -2.32. The summed E-state index contributed by atoms with van der Waals surface area (Å²) in [5.74, 6) is -0.0532. The van der Waals surface area contributed by atoms with Crippen LogP contribution in [0.25, 0.3) is 0 Å². The number of benzene rings is 2. The summed E-state index contributed by atoms with van der Waals surface area (Å²) in [6.45, 7) is 5.66. The zero-order valence-corrected chi connectivity index (χ0v) is 22.8. The average Bonchev–Trinajstić information content (AvgIpc) is 2.85. The van der Waals surface area contributed by atoms with Gasteiger partial charge in [0.25, 0.3) is 0 Å². The van der Waals surface area contributed by atoms with Crippen LogP contribution in [0.15, 0.2) is 47.4 Å². The highest BCUT2D eigenvalue weighted by Gasteiger charge is 2.16. The van der Waals surface area contributed by atoms with E-state index in [1.807, 2.05) is 44.2 Å². The second-order valence-electron chi connectivity index (χ2n) is 8.31. The molecule has 2 aromatic carbocycles. The van der Waals surface area contributed by atoms with Gasteiger partial charge in [0.2, 0.25) is 10.0 Å². The molecule has 12 heteroatoms. The van der Waals surface area contributed by atoms with Gasteiger partial charge in [-0.25, -0.2) is 13.6 Å². The van der Waals surface area contributed by atoms with Crippen LogP contribution in [0.2, 0.25) is 0 Å². The van der Waals surface area contributed by atoms with Crippen LogP contribution in [0.1, 0.15) is 45.1 Å². The quantitative estimate of drug-likeness (QED) is 0.226. The third-order valence-electron chi connectivity index (χ3n) is 5.11. The van der Waals surface area contributed by atoms with E-state index in [0.717, 1.165) is 11.3 Å². The van der Waals surface area contributed by atoms with Gasteiger partial charge in [0.15, 0.2) is 11.5 Å². The Morgan fingerprint density at radius 1 is 0.974 bits per heavy atom. The number of sulfonamides is 1. The van der Waals surface area contributed by atoms with Crippen molar-refractivity contribution in [1.29, 1.82) is 0 Å². The standard InChI is InChI=1S/C20H28N2O5S.C6H10O4/c1-4-26-17-7-5-6-8-18(17)27-12-11-22-15(2)13-16-9-10-19(25-3)20(14-16)28(21,23)24;7-5(8)3-1-2-4-6(9)10/h5-10,14-15,22H,4,11-13H2,1-3H3,(H2,21,23,24);1-4H2,(H,7,8)(H,9,10)/t15-;/m1./s1. The van der Waals surface area contributed by atoms with Crippen molar-refractivity contribution < 1.29 is 42.4 Å². The molecule has 0 heterocycles. The van der Waals surface area contributed by atoms with E-state index in [4.69, 9.17) is 29.6 Å². The van der Waals surface area contributed by atoms with Gasteiger partial charge in [-0.15, -0.1) is 0 Å². The molecule has 0 aliphatic carbocycles. The number of hydrogen-bond donors (Lipinski definition) is 4. The lowest BCUT2D eigenvalue weighted by Gasteiger charge is -2.16.